The summed E-state index contributed by atoms with van der Waals surface area (Å²) in [5.74, 6) is 1.27. The van der Waals surface area contributed by atoms with Crippen LogP contribution in [0, 0.1) is 5.92 Å². The number of fused-ring (bicyclic) bond motifs is 2. The molecule has 2 bridgehead atoms. The van der Waals surface area contributed by atoms with Gasteiger partial charge in [0.05, 0.1) is 6.10 Å². The van der Waals surface area contributed by atoms with E-state index in [0.29, 0.717) is 11.8 Å². The van der Waals surface area contributed by atoms with Crippen LogP contribution in [0.4, 0.5) is 4.79 Å². The number of urea groups is 1. The summed E-state index contributed by atoms with van der Waals surface area (Å²) in [6.07, 6.45) is 5.75. The predicted molar refractivity (Wildman–Crippen MR) is 89.2 cm³/mol. The first kappa shape index (κ1) is 15.0. The third kappa shape index (κ3) is 2.97. The number of rotatable bonds is 3. The number of aliphatic hydroxyl groups is 1. The molecule has 124 valence electrons. The van der Waals surface area contributed by atoms with Crippen molar-refractivity contribution < 1.29 is 9.90 Å². The zero-order chi connectivity index (χ0) is 15.8. The molecule has 0 aromatic heterocycles. The third-order valence-electron chi connectivity index (χ3n) is 5.99. The average molecular weight is 314 g/mol. The predicted octanol–water partition coefficient (Wildman–Crippen LogP) is 2.88. The standard InChI is InChI=1S/C19H26N2O2/c22-18-10-16-6-7-17(11-18)21(16)19(23)20-12-13-8-15(9-13)14-4-2-1-3-5-14/h1-5,13,15-18,22H,6-12H2,(H,20,23)/t13?,15?,16-,17-/m0/s1. The van der Waals surface area contributed by atoms with Crippen molar-refractivity contribution in [1.82, 2.24) is 10.2 Å². The SMILES string of the molecule is O=C(NCC1CC(c2ccccc2)C1)N1[C@H]2CC[C@H]1CC(O)C2. The molecule has 2 heterocycles. The Morgan fingerprint density at radius 2 is 1.74 bits per heavy atom. The van der Waals surface area contributed by atoms with Gasteiger partial charge in [-0.05, 0) is 55.9 Å². The highest BCUT2D eigenvalue weighted by Gasteiger charge is 2.43. The quantitative estimate of drug-likeness (QED) is 0.901. The Balaban J connectivity index is 1.24. The fourth-order valence-corrected chi connectivity index (χ4v) is 4.70. The summed E-state index contributed by atoms with van der Waals surface area (Å²) in [4.78, 5) is 14.5. The van der Waals surface area contributed by atoms with Crippen LogP contribution in [0.1, 0.15) is 50.0 Å². The maximum atomic E-state index is 12.5. The van der Waals surface area contributed by atoms with E-state index in [1.165, 1.54) is 18.4 Å². The van der Waals surface area contributed by atoms with Gasteiger partial charge in [0, 0.05) is 18.6 Å². The second-order valence-corrected chi connectivity index (χ2v) is 7.55. The Bertz CT molecular complexity index is 542. The molecule has 2 N–H and O–H groups in total. The van der Waals surface area contributed by atoms with Gasteiger partial charge in [-0.1, -0.05) is 30.3 Å². The molecule has 0 spiro atoms. The van der Waals surface area contributed by atoms with Crippen molar-refractivity contribution in [2.45, 2.75) is 62.6 Å². The van der Waals surface area contributed by atoms with Crippen LogP contribution < -0.4 is 5.32 Å². The molecule has 3 fully saturated rings. The number of carbonyl (C=O) groups is 1. The number of hydrogen-bond acceptors (Lipinski definition) is 2. The molecule has 4 nitrogen and oxygen atoms in total. The van der Waals surface area contributed by atoms with Gasteiger partial charge in [0.1, 0.15) is 0 Å². The second kappa shape index (κ2) is 6.16. The number of amides is 2. The number of benzene rings is 1. The van der Waals surface area contributed by atoms with Crippen molar-refractivity contribution in [2.75, 3.05) is 6.54 Å². The second-order valence-electron chi connectivity index (χ2n) is 7.55. The van der Waals surface area contributed by atoms with Gasteiger partial charge in [-0.3, -0.25) is 0 Å². The first-order valence-corrected chi connectivity index (χ1v) is 9.00. The van der Waals surface area contributed by atoms with Crippen LogP contribution in [-0.4, -0.2) is 40.8 Å². The van der Waals surface area contributed by atoms with Gasteiger partial charge in [-0.15, -0.1) is 0 Å². The van der Waals surface area contributed by atoms with Gasteiger partial charge in [0.25, 0.3) is 0 Å². The van der Waals surface area contributed by atoms with Crippen LogP contribution in [0.2, 0.25) is 0 Å². The minimum absolute atomic E-state index is 0.0903. The van der Waals surface area contributed by atoms with Crippen molar-refractivity contribution in [1.29, 1.82) is 0 Å². The Hall–Kier alpha value is -1.55. The van der Waals surface area contributed by atoms with Gasteiger partial charge < -0.3 is 15.3 Å². The van der Waals surface area contributed by atoms with Crippen molar-refractivity contribution in [3.05, 3.63) is 35.9 Å². The van der Waals surface area contributed by atoms with Gasteiger partial charge in [0.2, 0.25) is 0 Å². The number of aliphatic hydroxyl groups excluding tert-OH is 1. The van der Waals surface area contributed by atoms with Gasteiger partial charge in [-0.2, -0.15) is 0 Å². The molecule has 1 aromatic rings. The molecule has 2 aliphatic heterocycles. The summed E-state index contributed by atoms with van der Waals surface area (Å²) in [5.41, 5.74) is 1.43. The highest BCUT2D eigenvalue weighted by molar-refractivity contribution is 5.75. The van der Waals surface area contributed by atoms with Crippen molar-refractivity contribution in [2.24, 2.45) is 5.92 Å². The lowest BCUT2D eigenvalue weighted by molar-refractivity contribution is 0.0535. The molecular formula is C19H26N2O2. The summed E-state index contributed by atoms with van der Waals surface area (Å²) < 4.78 is 0. The molecule has 4 rings (SSSR count). The van der Waals surface area contributed by atoms with Crippen LogP contribution in [0.25, 0.3) is 0 Å². The largest absolute Gasteiger partial charge is 0.393 e. The monoisotopic (exact) mass is 314 g/mol. The Labute approximate surface area is 137 Å². The number of nitrogens with zero attached hydrogens (tertiary/aromatic N) is 1. The molecule has 2 amide bonds. The van der Waals surface area contributed by atoms with Crippen LogP contribution >= 0.6 is 0 Å². The van der Waals surface area contributed by atoms with E-state index in [0.717, 1.165) is 32.2 Å². The highest BCUT2D eigenvalue weighted by atomic mass is 16.3. The summed E-state index contributed by atoms with van der Waals surface area (Å²) in [6, 6.07) is 11.3. The average Bonchev–Trinajstić information content (AvgIpc) is 2.78. The van der Waals surface area contributed by atoms with E-state index in [9.17, 15) is 9.90 Å². The summed E-state index contributed by atoms with van der Waals surface area (Å²) in [7, 11) is 0. The van der Waals surface area contributed by atoms with Crippen molar-refractivity contribution in [3.63, 3.8) is 0 Å². The molecule has 1 saturated carbocycles. The van der Waals surface area contributed by atoms with E-state index in [1.54, 1.807) is 0 Å². The fourth-order valence-electron chi connectivity index (χ4n) is 4.70. The van der Waals surface area contributed by atoms with Gasteiger partial charge >= 0.3 is 6.03 Å². The molecule has 2 atom stereocenters. The molecule has 4 heteroatoms. The van der Waals surface area contributed by atoms with E-state index >= 15 is 0 Å². The zero-order valence-corrected chi connectivity index (χ0v) is 13.5. The van der Waals surface area contributed by atoms with Crippen LogP contribution in [0.5, 0.6) is 0 Å². The molecule has 1 aromatic carbocycles. The summed E-state index contributed by atoms with van der Waals surface area (Å²) in [5, 5.41) is 13.0. The molecule has 23 heavy (non-hydrogen) atoms. The lowest BCUT2D eigenvalue weighted by Crippen LogP contribution is -2.53. The minimum Gasteiger partial charge on any atom is -0.393 e. The normalized spacial score (nSPS) is 35.7. The smallest absolute Gasteiger partial charge is 0.317 e. The van der Waals surface area contributed by atoms with Crippen molar-refractivity contribution >= 4 is 6.03 Å². The summed E-state index contributed by atoms with van der Waals surface area (Å²) >= 11 is 0. The van der Waals surface area contributed by atoms with Crippen LogP contribution in [-0.2, 0) is 0 Å². The third-order valence-corrected chi connectivity index (χ3v) is 5.99. The van der Waals surface area contributed by atoms with Crippen LogP contribution in [0.3, 0.4) is 0 Å². The minimum atomic E-state index is -0.213. The van der Waals surface area contributed by atoms with E-state index in [-0.39, 0.29) is 24.2 Å². The highest BCUT2D eigenvalue weighted by Crippen LogP contribution is 2.41. The zero-order valence-electron chi connectivity index (χ0n) is 13.5. The molecule has 0 unspecified atom stereocenters. The van der Waals surface area contributed by atoms with Gasteiger partial charge in [-0.25, -0.2) is 4.79 Å². The Morgan fingerprint density at radius 1 is 1.09 bits per heavy atom. The van der Waals surface area contributed by atoms with E-state index in [4.69, 9.17) is 0 Å². The van der Waals surface area contributed by atoms with Gasteiger partial charge in [0.15, 0.2) is 0 Å². The maximum Gasteiger partial charge on any atom is 0.317 e. The Morgan fingerprint density at radius 3 is 2.39 bits per heavy atom. The molecule has 0 radical (unpaired) electrons. The van der Waals surface area contributed by atoms with E-state index in [1.807, 2.05) is 4.90 Å². The van der Waals surface area contributed by atoms with E-state index < -0.39 is 0 Å². The van der Waals surface area contributed by atoms with Crippen molar-refractivity contribution in [3.8, 4) is 0 Å². The van der Waals surface area contributed by atoms with E-state index in [2.05, 4.69) is 35.6 Å². The summed E-state index contributed by atoms with van der Waals surface area (Å²) in [6.45, 7) is 0.792. The first-order chi connectivity index (χ1) is 11.2. The number of nitrogens with one attached hydrogen (secondary N) is 1. The topological polar surface area (TPSA) is 52.6 Å². The molecule has 2 saturated heterocycles. The fraction of sp³-hybridized carbons (Fsp3) is 0.632. The number of carbonyl (C=O) groups excluding carboxylic acids is 1. The van der Waals surface area contributed by atoms with Crippen LogP contribution in [0.15, 0.2) is 30.3 Å². The number of piperidine rings is 1. The molecule has 1 aliphatic carbocycles. The number of hydrogen-bond donors (Lipinski definition) is 2. The molecule has 3 aliphatic rings. The Kier molecular flexibility index (Phi) is 4.02. The maximum absolute atomic E-state index is 12.5. The first-order valence-electron chi connectivity index (χ1n) is 9.00. The lowest BCUT2D eigenvalue weighted by Gasteiger charge is -2.39. The molecular weight excluding hydrogens is 288 g/mol. The lowest BCUT2D eigenvalue weighted by atomic mass is 9.71.